The van der Waals surface area contributed by atoms with E-state index in [4.69, 9.17) is 14.8 Å². The maximum atomic E-state index is 6.46. The van der Waals surface area contributed by atoms with Crippen molar-refractivity contribution in [2.24, 2.45) is 0 Å². The summed E-state index contributed by atoms with van der Waals surface area (Å²) in [5.41, 5.74) is 12.1. The van der Waals surface area contributed by atoms with Crippen molar-refractivity contribution in [2.45, 2.75) is 98.8 Å². The molecule has 0 aliphatic heterocycles. The molecule has 0 aliphatic carbocycles. The quantitative estimate of drug-likeness (QED) is 0.150. The summed E-state index contributed by atoms with van der Waals surface area (Å²) in [5, 5.41) is 7.15. The topological polar surface area (TPSA) is 44.9 Å². The normalized spacial score (nSPS) is 12.2. The summed E-state index contributed by atoms with van der Waals surface area (Å²) in [6.45, 7) is 25.4. The average Bonchev–Trinajstić information content (AvgIpc) is 3.70. The third-order valence-electron chi connectivity index (χ3n) is 9.93. The molecule has 3 aromatic heterocycles. The van der Waals surface area contributed by atoms with Crippen LogP contribution < -0.4 is 4.74 Å². The molecule has 53 heavy (non-hydrogen) atoms. The Kier molecular flexibility index (Phi) is 10.4. The second kappa shape index (κ2) is 14.4. The van der Waals surface area contributed by atoms with Crippen LogP contribution in [0.25, 0.3) is 44.4 Å². The van der Waals surface area contributed by atoms with Crippen LogP contribution in [-0.4, -0.2) is 19.3 Å². The van der Waals surface area contributed by atoms with Gasteiger partial charge >= 0.3 is 21.1 Å². The number of hydrogen-bond acceptors (Lipinski definition) is 3. The summed E-state index contributed by atoms with van der Waals surface area (Å²) in [6, 6.07) is 32.0. The molecule has 7 aromatic rings. The number of nitrogens with zero attached hydrogens (tertiary/aromatic N) is 4. The Balaban J connectivity index is 0.00000481. The smallest absolute Gasteiger partial charge is 0.509 e. The van der Waals surface area contributed by atoms with Crippen LogP contribution in [0.1, 0.15) is 109 Å². The molecule has 0 saturated carbocycles. The van der Waals surface area contributed by atoms with Crippen LogP contribution in [0.15, 0.2) is 91.4 Å². The Hall–Kier alpha value is -4.47. The molecule has 0 saturated heterocycles. The molecule has 5 nitrogen and oxygen atoms in total. The Bertz CT molecular complexity index is 2430. The van der Waals surface area contributed by atoms with Gasteiger partial charge in [0.25, 0.3) is 0 Å². The van der Waals surface area contributed by atoms with Gasteiger partial charge in [-0.25, -0.2) is 4.98 Å². The number of benzene rings is 4. The van der Waals surface area contributed by atoms with E-state index in [-0.39, 0.29) is 31.9 Å². The molecule has 7 rings (SSSR count). The predicted octanol–water partition coefficient (Wildman–Crippen LogP) is 12.6. The van der Waals surface area contributed by atoms with E-state index in [1.807, 2.05) is 47.4 Å². The molecule has 0 atom stereocenters. The zero-order chi connectivity index (χ0) is 37.1. The van der Waals surface area contributed by atoms with Crippen molar-refractivity contribution >= 4 is 21.8 Å². The third kappa shape index (κ3) is 7.26. The van der Waals surface area contributed by atoms with E-state index in [0.717, 1.165) is 44.4 Å². The van der Waals surface area contributed by atoms with Crippen molar-refractivity contribution < 1.29 is 25.8 Å². The number of pyridine rings is 1. The number of para-hydroxylation sites is 1. The van der Waals surface area contributed by atoms with Gasteiger partial charge in [0.1, 0.15) is 5.82 Å². The Morgan fingerprint density at radius 2 is 1.49 bits per heavy atom. The third-order valence-corrected chi connectivity index (χ3v) is 9.93. The maximum Gasteiger partial charge on any atom is 2.00 e. The van der Waals surface area contributed by atoms with Gasteiger partial charge in [0.2, 0.25) is 0 Å². The molecule has 0 bridgehead atoms. The molecule has 0 aliphatic rings. The summed E-state index contributed by atoms with van der Waals surface area (Å²) in [7, 11) is 0. The van der Waals surface area contributed by atoms with Crippen molar-refractivity contribution in [1.29, 1.82) is 0 Å². The summed E-state index contributed by atoms with van der Waals surface area (Å²) in [5.74, 6) is 2.74. The van der Waals surface area contributed by atoms with Crippen LogP contribution in [0.4, 0.5) is 0 Å². The average molecular weight is 882 g/mol. The molecule has 3 heterocycles. The van der Waals surface area contributed by atoms with Crippen molar-refractivity contribution in [3.63, 3.8) is 0 Å². The molecule has 6 heteroatoms. The number of fused-ring (bicyclic) bond motifs is 3. The summed E-state index contributed by atoms with van der Waals surface area (Å²) in [6.07, 6.45) is 6.01. The van der Waals surface area contributed by atoms with Crippen LogP contribution in [-0.2, 0) is 31.9 Å². The molecule has 0 amide bonds. The van der Waals surface area contributed by atoms with E-state index in [2.05, 4.69) is 142 Å². The molecule has 274 valence electrons. The minimum absolute atomic E-state index is 0. The minimum atomic E-state index is -0.0210. The number of aromatic nitrogens is 4. The SMILES string of the molecule is Cc1ccnc(-n2c3[c-]c(Oc4[c-]c(-n5cc(-c6c(C(C)C)cc(C(C)(C)C)c(C(C)(C)C)c6C(C)C)cn5)ccc4)ccc3c3ccccc32)c1.[Pt+2]. The largest absolute Gasteiger partial charge is 2.00 e. The monoisotopic (exact) mass is 881 g/mol. The van der Waals surface area contributed by atoms with Crippen LogP contribution >= 0.6 is 0 Å². The van der Waals surface area contributed by atoms with Gasteiger partial charge in [-0.1, -0.05) is 99.0 Å². The Labute approximate surface area is 329 Å². The van der Waals surface area contributed by atoms with E-state index in [9.17, 15) is 0 Å². The minimum Gasteiger partial charge on any atom is -0.509 e. The van der Waals surface area contributed by atoms with Gasteiger partial charge in [-0.2, -0.15) is 17.2 Å². The standard InChI is InChI=1S/C47H50N4O.Pt/c1-29(2)38-26-39(46(6,7)8)45(47(9,10)11)43(30(3)4)44(38)32-27-49-50(28-32)33-15-14-16-34(24-33)52-35-19-20-37-36-17-12-13-18-40(36)51(41(37)25-35)42-23-31(5)21-22-48-42;/h12-23,26-30H,1-11H3;/q-2;+2. The van der Waals surface area contributed by atoms with Crippen LogP contribution in [0.2, 0.25) is 0 Å². The zero-order valence-corrected chi connectivity index (χ0v) is 35.1. The Morgan fingerprint density at radius 1 is 0.755 bits per heavy atom. The van der Waals surface area contributed by atoms with Gasteiger partial charge in [-0.15, -0.1) is 35.7 Å². The van der Waals surface area contributed by atoms with Gasteiger partial charge in [0, 0.05) is 35.0 Å². The second-order valence-electron chi connectivity index (χ2n) is 16.8. The maximum absolute atomic E-state index is 6.46. The van der Waals surface area contributed by atoms with E-state index >= 15 is 0 Å². The van der Waals surface area contributed by atoms with Gasteiger partial charge in [-0.05, 0) is 92.2 Å². The van der Waals surface area contributed by atoms with Crippen molar-refractivity contribution in [3.8, 4) is 34.1 Å². The van der Waals surface area contributed by atoms with Crippen LogP contribution in [0.5, 0.6) is 11.5 Å². The van der Waals surface area contributed by atoms with E-state index in [0.29, 0.717) is 23.3 Å². The fourth-order valence-corrected chi connectivity index (χ4v) is 7.63. The van der Waals surface area contributed by atoms with Crippen molar-refractivity contribution in [3.05, 3.63) is 131 Å². The molecule has 0 unspecified atom stereocenters. The molecule has 0 fully saturated rings. The number of ether oxygens (including phenoxy) is 1. The number of aryl methyl sites for hydroxylation is 1. The van der Waals surface area contributed by atoms with Crippen LogP contribution in [0, 0.1) is 19.1 Å². The first-order valence-electron chi connectivity index (χ1n) is 18.5. The molecule has 4 aromatic carbocycles. The first-order chi connectivity index (χ1) is 24.6. The van der Waals surface area contributed by atoms with E-state index in [1.165, 1.54) is 27.8 Å². The van der Waals surface area contributed by atoms with Crippen molar-refractivity contribution in [1.82, 2.24) is 19.3 Å². The van der Waals surface area contributed by atoms with E-state index < -0.39 is 0 Å². The van der Waals surface area contributed by atoms with Crippen molar-refractivity contribution in [2.75, 3.05) is 0 Å². The molecule has 0 N–H and O–H groups in total. The Morgan fingerprint density at radius 3 is 2.17 bits per heavy atom. The molecular weight excluding hydrogens is 832 g/mol. The van der Waals surface area contributed by atoms with Gasteiger partial charge in [0.05, 0.1) is 6.20 Å². The van der Waals surface area contributed by atoms with Gasteiger partial charge in [0.15, 0.2) is 0 Å². The first-order valence-corrected chi connectivity index (χ1v) is 18.5. The number of hydrogen-bond donors (Lipinski definition) is 0. The molecule has 0 radical (unpaired) electrons. The molecule has 0 spiro atoms. The van der Waals surface area contributed by atoms with Gasteiger partial charge < -0.3 is 9.30 Å². The fraction of sp³-hybridized carbons (Fsp3) is 0.319. The fourth-order valence-electron chi connectivity index (χ4n) is 7.63. The molecular formula is C47H50N4OPt. The summed E-state index contributed by atoms with van der Waals surface area (Å²) >= 11 is 0. The second-order valence-corrected chi connectivity index (χ2v) is 16.8. The first kappa shape index (κ1) is 38.3. The summed E-state index contributed by atoms with van der Waals surface area (Å²) < 4.78 is 10.5. The predicted molar refractivity (Wildman–Crippen MR) is 216 cm³/mol. The van der Waals surface area contributed by atoms with Crippen LogP contribution in [0.3, 0.4) is 0 Å². The van der Waals surface area contributed by atoms with E-state index in [1.54, 1.807) is 0 Å². The summed E-state index contributed by atoms with van der Waals surface area (Å²) in [4.78, 5) is 4.71. The van der Waals surface area contributed by atoms with Gasteiger partial charge in [-0.3, -0.25) is 4.68 Å². The number of rotatable bonds is 7. The zero-order valence-electron chi connectivity index (χ0n) is 32.8.